The number of nitrogens with two attached hydrogens (primary N) is 1. The van der Waals surface area contributed by atoms with E-state index in [1.54, 1.807) is 12.5 Å². The van der Waals surface area contributed by atoms with E-state index in [-0.39, 0.29) is 11.5 Å². The molecule has 0 aromatic carbocycles. The highest BCUT2D eigenvalue weighted by Crippen LogP contribution is 2.40. The number of hydrogen-bond donors (Lipinski definition) is 1. The standard InChI is InChI=1S/C19H22ClN7OS/c1-12-16(20)13(2-5-22-12)29-14-8-23-18(27-11-24-25-17(14)27)26-6-3-19(4-7-26)10-28-9-15(19)21/h2,5,8,11,15H,3-4,6-7,9-10,21H2,1H3/t15-/m1/s1. The number of nitrogens with zero attached hydrogens (tertiary/aromatic N) is 6. The highest BCUT2D eigenvalue weighted by atomic mass is 35.5. The predicted molar refractivity (Wildman–Crippen MR) is 112 cm³/mol. The second kappa shape index (κ2) is 7.39. The van der Waals surface area contributed by atoms with E-state index in [1.165, 1.54) is 11.8 Å². The second-order valence-corrected chi connectivity index (χ2v) is 9.19. The van der Waals surface area contributed by atoms with E-state index in [0.717, 1.165) is 59.6 Å². The summed E-state index contributed by atoms with van der Waals surface area (Å²) in [6, 6.07) is 2.03. The molecule has 29 heavy (non-hydrogen) atoms. The lowest BCUT2D eigenvalue weighted by atomic mass is 9.75. The molecule has 5 rings (SSSR count). The van der Waals surface area contributed by atoms with Crippen LogP contribution in [0, 0.1) is 12.3 Å². The van der Waals surface area contributed by atoms with Crippen molar-refractivity contribution < 1.29 is 4.74 Å². The van der Waals surface area contributed by atoms with Crippen molar-refractivity contribution in [1.29, 1.82) is 0 Å². The smallest absolute Gasteiger partial charge is 0.212 e. The third-order valence-corrected chi connectivity index (χ3v) is 7.70. The molecule has 0 amide bonds. The van der Waals surface area contributed by atoms with E-state index in [0.29, 0.717) is 11.6 Å². The Morgan fingerprint density at radius 1 is 1.28 bits per heavy atom. The van der Waals surface area contributed by atoms with E-state index in [2.05, 4.69) is 20.1 Å². The van der Waals surface area contributed by atoms with Crippen LogP contribution in [0.1, 0.15) is 18.5 Å². The fraction of sp³-hybridized carbons (Fsp3) is 0.474. The summed E-state index contributed by atoms with van der Waals surface area (Å²) >= 11 is 7.94. The summed E-state index contributed by atoms with van der Waals surface area (Å²) in [7, 11) is 0. The van der Waals surface area contributed by atoms with Crippen molar-refractivity contribution >= 4 is 35.0 Å². The third kappa shape index (κ3) is 3.26. The van der Waals surface area contributed by atoms with Gasteiger partial charge in [-0.3, -0.25) is 4.98 Å². The van der Waals surface area contributed by atoms with E-state index >= 15 is 0 Å². The molecule has 152 valence electrons. The second-order valence-electron chi connectivity index (χ2n) is 7.73. The Labute approximate surface area is 177 Å². The lowest BCUT2D eigenvalue weighted by molar-refractivity contribution is 0.131. The minimum atomic E-state index is 0.106. The third-order valence-electron chi connectivity index (χ3n) is 6.04. The Balaban J connectivity index is 1.42. The fourth-order valence-electron chi connectivity index (χ4n) is 4.15. The normalized spacial score (nSPS) is 21.3. The summed E-state index contributed by atoms with van der Waals surface area (Å²) in [6.45, 7) is 5.10. The van der Waals surface area contributed by atoms with Gasteiger partial charge >= 0.3 is 0 Å². The van der Waals surface area contributed by atoms with Gasteiger partial charge in [-0.2, -0.15) is 0 Å². The van der Waals surface area contributed by atoms with E-state index in [9.17, 15) is 0 Å². The number of piperidine rings is 1. The van der Waals surface area contributed by atoms with Crippen molar-refractivity contribution in [2.75, 3.05) is 31.2 Å². The van der Waals surface area contributed by atoms with Gasteiger partial charge in [0.1, 0.15) is 6.33 Å². The summed E-state index contributed by atoms with van der Waals surface area (Å²) in [6.07, 6.45) is 7.33. The Morgan fingerprint density at radius 2 is 2.10 bits per heavy atom. The van der Waals surface area contributed by atoms with E-state index < -0.39 is 0 Å². The van der Waals surface area contributed by atoms with Crippen LogP contribution in [-0.2, 0) is 4.74 Å². The van der Waals surface area contributed by atoms with Crippen LogP contribution in [0.3, 0.4) is 0 Å². The summed E-state index contributed by atoms with van der Waals surface area (Å²) in [5.41, 5.74) is 7.99. The zero-order valence-electron chi connectivity index (χ0n) is 16.1. The van der Waals surface area contributed by atoms with Gasteiger partial charge in [-0.1, -0.05) is 23.4 Å². The van der Waals surface area contributed by atoms with Crippen LogP contribution in [0.2, 0.25) is 5.02 Å². The molecular weight excluding hydrogens is 410 g/mol. The molecule has 2 aliphatic heterocycles. The van der Waals surface area contributed by atoms with Crippen LogP contribution < -0.4 is 10.6 Å². The van der Waals surface area contributed by atoms with Gasteiger partial charge in [0.2, 0.25) is 5.95 Å². The molecule has 2 saturated heterocycles. The number of hydrogen-bond acceptors (Lipinski definition) is 8. The van der Waals surface area contributed by atoms with Gasteiger partial charge in [0.05, 0.1) is 28.8 Å². The molecule has 1 atom stereocenters. The molecule has 0 saturated carbocycles. The Morgan fingerprint density at radius 3 is 2.86 bits per heavy atom. The highest BCUT2D eigenvalue weighted by Gasteiger charge is 2.44. The van der Waals surface area contributed by atoms with Crippen LogP contribution in [0.15, 0.2) is 34.6 Å². The maximum atomic E-state index is 6.42. The van der Waals surface area contributed by atoms with Crippen molar-refractivity contribution in [1.82, 2.24) is 24.6 Å². The van der Waals surface area contributed by atoms with Crippen molar-refractivity contribution in [3.8, 4) is 0 Å². The molecule has 0 bridgehead atoms. The number of ether oxygens (including phenoxy) is 1. The van der Waals surface area contributed by atoms with Crippen molar-refractivity contribution in [3.05, 3.63) is 35.5 Å². The average Bonchev–Trinajstić information content (AvgIpc) is 3.35. The largest absolute Gasteiger partial charge is 0.379 e. The predicted octanol–water partition coefficient (Wildman–Crippen LogP) is 2.58. The summed E-state index contributed by atoms with van der Waals surface area (Å²) in [5.74, 6) is 0.855. The molecule has 2 fully saturated rings. The number of aryl methyl sites for hydroxylation is 1. The van der Waals surface area contributed by atoms with E-state index in [4.69, 9.17) is 27.1 Å². The van der Waals surface area contributed by atoms with Gasteiger partial charge in [-0.25, -0.2) is 9.38 Å². The zero-order valence-corrected chi connectivity index (χ0v) is 17.7. The Hall–Kier alpha value is -1.94. The van der Waals surface area contributed by atoms with Gasteiger partial charge < -0.3 is 15.4 Å². The summed E-state index contributed by atoms with van der Waals surface area (Å²) in [5, 5.41) is 9.11. The van der Waals surface area contributed by atoms with Gasteiger partial charge in [-0.05, 0) is 25.8 Å². The summed E-state index contributed by atoms with van der Waals surface area (Å²) < 4.78 is 7.59. The van der Waals surface area contributed by atoms with Gasteiger partial charge in [-0.15, -0.1) is 10.2 Å². The molecule has 2 N–H and O–H groups in total. The maximum Gasteiger partial charge on any atom is 0.212 e. The monoisotopic (exact) mass is 431 g/mol. The van der Waals surface area contributed by atoms with Gasteiger partial charge in [0, 0.05) is 41.8 Å². The first kappa shape index (κ1) is 19.0. The molecule has 3 aromatic rings. The van der Waals surface area contributed by atoms with Crippen LogP contribution in [0.5, 0.6) is 0 Å². The number of rotatable bonds is 3. The fourth-order valence-corrected chi connectivity index (χ4v) is 5.32. The molecule has 10 heteroatoms. The topological polar surface area (TPSA) is 94.5 Å². The molecule has 5 heterocycles. The lowest BCUT2D eigenvalue weighted by Crippen LogP contribution is -2.49. The van der Waals surface area contributed by atoms with Crippen LogP contribution in [0.25, 0.3) is 5.65 Å². The van der Waals surface area contributed by atoms with Crippen molar-refractivity contribution in [2.24, 2.45) is 11.1 Å². The van der Waals surface area contributed by atoms with Gasteiger partial charge in [0.25, 0.3) is 0 Å². The molecule has 0 aliphatic carbocycles. The zero-order chi connectivity index (χ0) is 20.0. The highest BCUT2D eigenvalue weighted by molar-refractivity contribution is 7.99. The Bertz CT molecular complexity index is 1050. The van der Waals surface area contributed by atoms with Crippen LogP contribution >= 0.6 is 23.4 Å². The molecular formula is C19H22ClN7OS. The minimum Gasteiger partial charge on any atom is -0.379 e. The maximum absolute atomic E-state index is 6.42. The number of fused-ring (bicyclic) bond motifs is 1. The molecule has 3 aromatic heterocycles. The SMILES string of the molecule is Cc1nccc(Sc2cnc(N3CCC4(CC3)COC[C@H]4N)n3cnnc23)c1Cl. The Kier molecular flexibility index (Phi) is 4.85. The molecule has 0 unspecified atom stereocenters. The first-order chi connectivity index (χ1) is 14.1. The van der Waals surface area contributed by atoms with Crippen LogP contribution in [0.4, 0.5) is 5.95 Å². The number of anilines is 1. The average molecular weight is 432 g/mol. The minimum absolute atomic E-state index is 0.106. The first-order valence-corrected chi connectivity index (χ1v) is 10.8. The number of aromatic nitrogens is 5. The van der Waals surface area contributed by atoms with Gasteiger partial charge in [0.15, 0.2) is 5.65 Å². The lowest BCUT2D eigenvalue weighted by Gasteiger charge is -2.41. The number of pyridine rings is 1. The quantitative estimate of drug-likeness (QED) is 0.676. The van der Waals surface area contributed by atoms with Crippen LogP contribution in [-0.4, -0.2) is 56.9 Å². The molecule has 0 radical (unpaired) electrons. The molecule has 2 aliphatic rings. The summed E-state index contributed by atoms with van der Waals surface area (Å²) in [4.78, 5) is 13.1. The van der Waals surface area contributed by atoms with Crippen molar-refractivity contribution in [3.63, 3.8) is 0 Å². The number of halogens is 1. The molecule has 8 nitrogen and oxygen atoms in total. The van der Waals surface area contributed by atoms with Crippen molar-refractivity contribution in [2.45, 2.75) is 35.6 Å². The van der Waals surface area contributed by atoms with E-state index in [1.807, 2.05) is 23.6 Å². The first-order valence-electron chi connectivity index (χ1n) is 9.63. The molecule has 1 spiro atoms.